The molecule has 3 aromatic rings. The number of anilines is 2. The van der Waals surface area contributed by atoms with Crippen molar-refractivity contribution in [1.29, 1.82) is 0 Å². The van der Waals surface area contributed by atoms with E-state index in [4.69, 9.17) is 10.2 Å². The molecule has 0 aliphatic carbocycles. The summed E-state index contributed by atoms with van der Waals surface area (Å²) in [5.74, 6) is -3.18. The lowest BCUT2D eigenvalue weighted by Gasteiger charge is -2.18. The third-order valence-corrected chi connectivity index (χ3v) is 5.72. The predicted molar refractivity (Wildman–Crippen MR) is 129 cm³/mol. The number of hydrogen-bond acceptors (Lipinski definition) is 5. The lowest BCUT2D eigenvalue weighted by molar-refractivity contribution is -0.131. The number of aliphatic carboxylic acids is 1. The van der Waals surface area contributed by atoms with Gasteiger partial charge in [-0.1, -0.05) is 36.4 Å². The van der Waals surface area contributed by atoms with E-state index in [9.17, 15) is 19.2 Å². The molecule has 0 aliphatic heterocycles. The molecule has 34 heavy (non-hydrogen) atoms. The Morgan fingerprint density at radius 3 is 2.12 bits per heavy atom. The summed E-state index contributed by atoms with van der Waals surface area (Å²) in [7, 11) is 0. The zero-order valence-corrected chi connectivity index (χ0v) is 18.5. The second-order valence-corrected chi connectivity index (χ2v) is 8.15. The van der Waals surface area contributed by atoms with Crippen LogP contribution in [-0.2, 0) is 14.4 Å². The quantitative estimate of drug-likeness (QED) is 0.265. The minimum Gasteiger partial charge on any atom is -0.478 e. The number of amides is 2. The number of carbonyl (C=O) groups is 4. The Morgan fingerprint density at radius 2 is 1.47 bits per heavy atom. The molecule has 1 unspecified atom stereocenters. The molecule has 2 amide bonds. The van der Waals surface area contributed by atoms with Crippen molar-refractivity contribution in [3.8, 4) is 0 Å². The van der Waals surface area contributed by atoms with Gasteiger partial charge in [0.1, 0.15) is 5.25 Å². The molecule has 3 rings (SSSR count). The van der Waals surface area contributed by atoms with E-state index in [1.54, 1.807) is 24.3 Å². The maximum Gasteiger partial charge on any atom is 0.335 e. The first-order valence-electron chi connectivity index (χ1n) is 9.99. The number of thioether (sulfide) groups is 1. The highest BCUT2D eigenvalue weighted by atomic mass is 32.2. The number of carboxylic acids is 2. The van der Waals surface area contributed by atoms with Crippen LogP contribution in [-0.4, -0.2) is 34.0 Å². The van der Waals surface area contributed by atoms with Crippen molar-refractivity contribution in [3.05, 3.63) is 102 Å². The van der Waals surface area contributed by atoms with Gasteiger partial charge in [-0.05, 0) is 48.0 Å². The van der Waals surface area contributed by atoms with Gasteiger partial charge in [-0.2, -0.15) is 0 Å². The second kappa shape index (κ2) is 11.5. The van der Waals surface area contributed by atoms with Crippen molar-refractivity contribution in [1.82, 2.24) is 0 Å². The van der Waals surface area contributed by atoms with Gasteiger partial charge in [-0.3, -0.25) is 9.59 Å². The Morgan fingerprint density at radius 1 is 0.765 bits per heavy atom. The highest BCUT2D eigenvalue weighted by molar-refractivity contribution is 8.00. The molecule has 0 saturated carbocycles. The van der Waals surface area contributed by atoms with Crippen molar-refractivity contribution in [2.45, 2.75) is 10.1 Å². The molecule has 0 saturated heterocycles. The topological polar surface area (TPSA) is 133 Å². The predicted octanol–water partition coefficient (Wildman–Crippen LogP) is 4.44. The smallest absolute Gasteiger partial charge is 0.335 e. The van der Waals surface area contributed by atoms with E-state index in [-0.39, 0.29) is 11.5 Å². The van der Waals surface area contributed by atoms with Crippen molar-refractivity contribution in [2.75, 3.05) is 10.6 Å². The monoisotopic (exact) mass is 476 g/mol. The van der Waals surface area contributed by atoms with Crippen LogP contribution in [0.4, 0.5) is 11.4 Å². The largest absolute Gasteiger partial charge is 0.478 e. The highest BCUT2D eigenvalue weighted by Gasteiger charge is 2.22. The third-order valence-electron chi connectivity index (χ3n) is 4.47. The van der Waals surface area contributed by atoms with E-state index in [0.29, 0.717) is 16.3 Å². The fourth-order valence-corrected chi connectivity index (χ4v) is 4.00. The van der Waals surface area contributed by atoms with Gasteiger partial charge in [-0.25, -0.2) is 9.59 Å². The van der Waals surface area contributed by atoms with Gasteiger partial charge in [0.05, 0.1) is 5.56 Å². The summed E-state index contributed by atoms with van der Waals surface area (Å²) >= 11 is 1.27. The van der Waals surface area contributed by atoms with Gasteiger partial charge in [0.15, 0.2) is 0 Å². The molecular formula is C25H20N2O6S. The zero-order chi connectivity index (χ0) is 24.5. The number of rotatable bonds is 9. The van der Waals surface area contributed by atoms with E-state index < -0.39 is 23.1 Å². The molecule has 0 fully saturated rings. The summed E-state index contributed by atoms with van der Waals surface area (Å²) in [5, 5.41) is 22.4. The van der Waals surface area contributed by atoms with Crippen molar-refractivity contribution < 1.29 is 29.4 Å². The molecule has 0 heterocycles. The number of aromatic carboxylic acids is 1. The van der Waals surface area contributed by atoms with Gasteiger partial charge < -0.3 is 20.8 Å². The third kappa shape index (κ3) is 7.07. The van der Waals surface area contributed by atoms with Gasteiger partial charge in [0, 0.05) is 28.4 Å². The molecule has 0 aromatic heterocycles. The van der Waals surface area contributed by atoms with Crippen LogP contribution in [0.15, 0.2) is 95.9 Å². The lowest BCUT2D eigenvalue weighted by atomic mass is 10.1. The van der Waals surface area contributed by atoms with E-state index >= 15 is 0 Å². The van der Waals surface area contributed by atoms with Gasteiger partial charge in [-0.15, -0.1) is 11.8 Å². The Hall–Kier alpha value is -4.37. The van der Waals surface area contributed by atoms with Crippen molar-refractivity contribution in [3.63, 3.8) is 0 Å². The fraction of sp³-hybridized carbons (Fsp3) is 0.0400. The number of hydrogen-bond donors (Lipinski definition) is 4. The summed E-state index contributed by atoms with van der Waals surface area (Å²) in [6.07, 6.45) is 1.66. The average Bonchev–Trinajstić information content (AvgIpc) is 2.82. The molecule has 4 N–H and O–H groups in total. The van der Waals surface area contributed by atoms with Gasteiger partial charge >= 0.3 is 11.9 Å². The van der Waals surface area contributed by atoms with Crippen LogP contribution in [0.5, 0.6) is 0 Å². The van der Waals surface area contributed by atoms with E-state index in [2.05, 4.69) is 10.6 Å². The van der Waals surface area contributed by atoms with Crippen LogP contribution in [0.2, 0.25) is 0 Å². The standard InChI is InChI=1S/C25H20N2O6S/c28-21(13-14-22(29)30)26-19-7-4-8-20(15-19)34-23(16-5-2-1-3-6-16)24(31)27-18-11-9-17(10-12-18)25(32)33/h1-15,23H,(H,26,28)(H,27,31)(H,29,30)(H,32,33)/b14-13+. The number of nitrogens with one attached hydrogen (secondary N) is 2. The number of carboxylic acid groups (broad SMARTS) is 2. The minimum atomic E-state index is -1.23. The first kappa shape index (κ1) is 24.3. The van der Waals surface area contributed by atoms with Crippen LogP contribution < -0.4 is 10.6 Å². The molecule has 0 bridgehead atoms. The highest BCUT2D eigenvalue weighted by Crippen LogP contribution is 2.37. The molecule has 172 valence electrons. The molecule has 8 nitrogen and oxygen atoms in total. The van der Waals surface area contributed by atoms with Crippen LogP contribution in [0.3, 0.4) is 0 Å². The van der Waals surface area contributed by atoms with Crippen LogP contribution in [0, 0.1) is 0 Å². The maximum absolute atomic E-state index is 13.2. The van der Waals surface area contributed by atoms with E-state index in [1.165, 1.54) is 36.0 Å². The van der Waals surface area contributed by atoms with E-state index in [0.717, 1.165) is 17.7 Å². The maximum atomic E-state index is 13.2. The molecule has 9 heteroatoms. The minimum absolute atomic E-state index is 0.115. The SMILES string of the molecule is O=C(O)/C=C/C(=O)Nc1cccc(SC(C(=O)Nc2ccc(C(=O)O)cc2)c2ccccc2)c1. The second-order valence-electron chi connectivity index (χ2n) is 6.97. The van der Waals surface area contributed by atoms with Crippen molar-refractivity contribution in [2.24, 2.45) is 0 Å². The molecule has 3 aromatic carbocycles. The summed E-state index contributed by atoms with van der Waals surface area (Å²) in [5.41, 5.74) is 1.78. The van der Waals surface area contributed by atoms with Crippen LogP contribution in [0.1, 0.15) is 21.2 Å². The zero-order valence-electron chi connectivity index (χ0n) is 17.7. The Balaban J connectivity index is 1.79. The summed E-state index contributed by atoms with van der Waals surface area (Å²) in [6, 6.07) is 21.8. The summed E-state index contributed by atoms with van der Waals surface area (Å²) in [6.45, 7) is 0. The normalized spacial score (nSPS) is 11.5. The molecule has 1 atom stereocenters. The first-order chi connectivity index (χ1) is 16.3. The lowest BCUT2D eigenvalue weighted by Crippen LogP contribution is -2.19. The molecule has 0 radical (unpaired) electrons. The molecular weight excluding hydrogens is 456 g/mol. The molecule has 0 spiro atoms. The van der Waals surface area contributed by atoms with Gasteiger partial charge in [0.2, 0.25) is 11.8 Å². The van der Waals surface area contributed by atoms with Crippen LogP contribution in [0.25, 0.3) is 0 Å². The van der Waals surface area contributed by atoms with Crippen LogP contribution >= 0.6 is 11.8 Å². The number of carbonyl (C=O) groups excluding carboxylic acids is 2. The fourth-order valence-electron chi connectivity index (χ4n) is 2.92. The first-order valence-corrected chi connectivity index (χ1v) is 10.9. The van der Waals surface area contributed by atoms with Gasteiger partial charge in [0.25, 0.3) is 0 Å². The van der Waals surface area contributed by atoms with Crippen molar-refractivity contribution >= 4 is 46.9 Å². The Bertz CT molecular complexity index is 1230. The Kier molecular flexibility index (Phi) is 8.20. The number of benzene rings is 3. The average molecular weight is 477 g/mol. The van der Waals surface area contributed by atoms with E-state index in [1.807, 2.05) is 30.3 Å². The Labute approximate surface area is 199 Å². The summed E-state index contributed by atoms with van der Waals surface area (Å²) < 4.78 is 0. The molecule has 0 aliphatic rings. The summed E-state index contributed by atoms with van der Waals surface area (Å²) in [4.78, 5) is 47.4.